The molecule has 4 nitrogen and oxygen atoms in total. The molecule has 4 heteroatoms. The molecule has 0 fully saturated rings. The summed E-state index contributed by atoms with van der Waals surface area (Å²) >= 11 is 0. The van der Waals surface area contributed by atoms with Crippen LogP contribution >= 0.6 is 0 Å². The van der Waals surface area contributed by atoms with Gasteiger partial charge in [-0.2, -0.15) is 0 Å². The lowest BCUT2D eigenvalue weighted by molar-refractivity contribution is 0.745. The topological polar surface area (TPSA) is 43.6 Å². The maximum absolute atomic E-state index is 5.15. The summed E-state index contributed by atoms with van der Waals surface area (Å²) in [5.41, 5.74) is 13.8. The molecule has 0 amide bonds. The highest BCUT2D eigenvalue weighted by Crippen LogP contribution is 2.46. The number of aromatic nitrogens is 4. The maximum atomic E-state index is 5.15. The largest absolute Gasteiger partial charge is 0.309 e. The summed E-state index contributed by atoms with van der Waals surface area (Å²) in [6, 6.07) is 84.3. The zero-order valence-electron chi connectivity index (χ0n) is 34.8. The number of hydrogen-bond acceptors (Lipinski definition) is 3. The van der Waals surface area contributed by atoms with Crippen molar-refractivity contribution in [2.24, 2.45) is 0 Å². The second-order valence-corrected chi connectivity index (χ2v) is 16.1. The van der Waals surface area contributed by atoms with Crippen molar-refractivity contribution in [3.05, 3.63) is 264 Å². The van der Waals surface area contributed by atoms with E-state index in [1.807, 2.05) is 60.7 Å². The number of aryl methyl sites for hydroxylation is 1. The van der Waals surface area contributed by atoms with Crippen LogP contribution < -0.4 is 0 Å². The highest BCUT2D eigenvalue weighted by atomic mass is 15.0. The third-order valence-electron chi connectivity index (χ3n) is 12.3. The molecule has 2 heterocycles. The minimum Gasteiger partial charge on any atom is -0.309 e. The molecule has 11 aromatic rings. The SMILES string of the molecule is Cc1ccc2c(c1)c1ccccc1n2-c1cc(-c2nc(-c3ccccc3)nc(-c3ccccc3)n2)ccc1-c1ccc(C(c2ccccc2)(c2ccccc2)c2ccccc2)cc1. The summed E-state index contributed by atoms with van der Waals surface area (Å²) in [5, 5.41) is 2.42. The maximum Gasteiger partial charge on any atom is 0.164 e. The normalized spacial score (nSPS) is 11.6. The molecule has 0 saturated heterocycles. The molecule has 0 aliphatic carbocycles. The third-order valence-corrected chi connectivity index (χ3v) is 12.3. The molecule has 0 N–H and O–H groups in total. The molecule has 2 aromatic heterocycles. The summed E-state index contributed by atoms with van der Waals surface area (Å²) < 4.78 is 2.41. The van der Waals surface area contributed by atoms with Crippen LogP contribution in [0.15, 0.2) is 237 Å². The van der Waals surface area contributed by atoms with Crippen LogP contribution in [0.3, 0.4) is 0 Å². The minimum atomic E-state index is -0.550. The number of nitrogens with zero attached hydrogens (tertiary/aromatic N) is 4. The highest BCUT2D eigenvalue weighted by molar-refractivity contribution is 6.10. The van der Waals surface area contributed by atoms with E-state index < -0.39 is 5.41 Å². The van der Waals surface area contributed by atoms with Crippen LogP contribution in [-0.4, -0.2) is 19.5 Å². The Morgan fingerprint density at radius 3 is 1.30 bits per heavy atom. The van der Waals surface area contributed by atoms with Gasteiger partial charge in [0, 0.05) is 33.0 Å². The summed E-state index contributed by atoms with van der Waals surface area (Å²) in [4.78, 5) is 15.3. The molecule has 298 valence electrons. The monoisotopic (exact) mass is 806 g/mol. The second-order valence-electron chi connectivity index (χ2n) is 16.1. The summed E-state index contributed by atoms with van der Waals surface area (Å²) in [6.45, 7) is 2.16. The van der Waals surface area contributed by atoms with E-state index in [9.17, 15) is 0 Å². The van der Waals surface area contributed by atoms with E-state index in [-0.39, 0.29) is 0 Å². The molecule has 11 rings (SSSR count). The van der Waals surface area contributed by atoms with Crippen molar-refractivity contribution < 1.29 is 0 Å². The fourth-order valence-corrected chi connectivity index (χ4v) is 9.35. The van der Waals surface area contributed by atoms with Gasteiger partial charge < -0.3 is 4.57 Å². The van der Waals surface area contributed by atoms with Gasteiger partial charge in [0.05, 0.1) is 22.1 Å². The first-order valence-electron chi connectivity index (χ1n) is 21.4. The predicted molar refractivity (Wildman–Crippen MR) is 259 cm³/mol. The Morgan fingerprint density at radius 2 is 0.762 bits per heavy atom. The number of benzene rings is 9. The first-order chi connectivity index (χ1) is 31.1. The molecular formula is C59H42N4. The smallest absolute Gasteiger partial charge is 0.164 e. The van der Waals surface area contributed by atoms with Gasteiger partial charge in [-0.1, -0.05) is 218 Å². The first kappa shape index (κ1) is 37.8. The van der Waals surface area contributed by atoms with Gasteiger partial charge in [-0.15, -0.1) is 0 Å². The molecule has 0 atom stereocenters. The highest BCUT2D eigenvalue weighted by Gasteiger charge is 2.38. The lowest BCUT2D eigenvalue weighted by Gasteiger charge is -2.37. The van der Waals surface area contributed by atoms with Gasteiger partial charge in [0.2, 0.25) is 0 Å². The average Bonchev–Trinajstić information content (AvgIpc) is 3.69. The van der Waals surface area contributed by atoms with Crippen molar-refractivity contribution in [3.63, 3.8) is 0 Å². The standard InChI is InChI=1S/C59H42N4/c1-41-31-38-54-52(39-41)51-29-17-18-30-53(51)63(54)55-40-45(58-61-56(43-19-7-2-8-20-43)60-57(62-58)44-21-9-3-10-22-44)34-37-50(55)42-32-35-49(36-33-42)59(46-23-11-4-12-24-46,47-25-13-5-14-26-47)48-27-15-6-16-28-48/h2-40H,1H3. The van der Waals surface area contributed by atoms with Crippen molar-refractivity contribution >= 4 is 21.8 Å². The predicted octanol–water partition coefficient (Wildman–Crippen LogP) is 14.3. The fourth-order valence-electron chi connectivity index (χ4n) is 9.35. The molecule has 63 heavy (non-hydrogen) atoms. The van der Waals surface area contributed by atoms with Gasteiger partial charge in [0.15, 0.2) is 17.5 Å². The number of para-hydroxylation sites is 1. The van der Waals surface area contributed by atoms with E-state index in [2.05, 4.69) is 187 Å². The average molecular weight is 807 g/mol. The van der Waals surface area contributed by atoms with Crippen molar-refractivity contribution in [1.29, 1.82) is 0 Å². The molecule has 0 spiro atoms. The second kappa shape index (κ2) is 16.0. The number of hydrogen-bond donors (Lipinski definition) is 0. The van der Waals surface area contributed by atoms with Crippen LogP contribution in [0.4, 0.5) is 0 Å². The van der Waals surface area contributed by atoms with Crippen molar-refractivity contribution in [3.8, 4) is 51.0 Å². The number of fused-ring (bicyclic) bond motifs is 3. The molecular weight excluding hydrogens is 765 g/mol. The summed E-state index contributed by atoms with van der Waals surface area (Å²) in [7, 11) is 0. The molecule has 0 aliphatic heterocycles. The molecule has 9 aromatic carbocycles. The van der Waals surface area contributed by atoms with Crippen LogP contribution in [0.5, 0.6) is 0 Å². The van der Waals surface area contributed by atoms with E-state index in [4.69, 9.17) is 15.0 Å². The fraction of sp³-hybridized carbons (Fsp3) is 0.0339. The van der Waals surface area contributed by atoms with Crippen LogP contribution in [0.2, 0.25) is 0 Å². The Hall–Kier alpha value is -8.21. The van der Waals surface area contributed by atoms with Gasteiger partial charge in [-0.05, 0) is 59.0 Å². The van der Waals surface area contributed by atoms with Gasteiger partial charge in [-0.3, -0.25) is 0 Å². The van der Waals surface area contributed by atoms with Crippen molar-refractivity contribution in [2.45, 2.75) is 12.3 Å². The lowest BCUT2D eigenvalue weighted by atomic mass is 9.65. The van der Waals surface area contributed by atoms with Crippen LogP contribution in [-0.2, 0) is 5.41 Å². The van der Waals surface area contributed by atoms with Crippen LogP contribution in [0.25, 0.3) is 72.8 Å². The van der Waals surface area contributed by atoms with E-state index in [0.29, 0.717) is 17.5 Å². The Labute approximate surface area is 367 Å². The lowest BCUT2D eigenvalue weighted by Crippen LogP contribution is -2.30. The van der Waals surface area contributed by atoms with E-state index in [0.717, 1.165) is 44.5 Å². The molecule has 0 unspecified atom stereocenters. The minimum absolute atomic E-state index is 0.550. The number of rotatable bonds is 9. The summed E-state index contributed by atoms with van der Waals surface area (Å²) in [6.07, 6.45) is 0. The Bertz CT molecular complexity index is 3210. The molecule has 0 radical (unpaired) electrons. The first-order valence-corrected chi connectivity index (χ1v) is 21.4. The quantitative estimate of drug-likeness (QED) is 0.136. The molecule has 0 saturated carbocycles. The Balaban J connectivity index is 1.15. The van der Waals surface area contributed by atoms with E-state index in [1.54, 1.807) is 0 Å². The zero-order chi connectivity index (χ0) is 42.2. The summed E-state index contributed by atoms with van der Waals surface area (Å²) in [5.74, 6) is 1.87. The van der Waals surface area contributed by atoms with E-state index >= 15 is 0 Å². The zero-order valence-corrected chi connectivity index (χ0v) is 34.8. The Morgan fingerprint density at radius 1 is 0.333 bits per heavy atom. The molecule has 0 bridgehead atoms. The molecule has 0 aliphatic rings. The third kappa shape index (κ3) is 6.70. The van der Waals surface area contributed by atoms with Crippen LogP contribution in [0, 0.1) is 6.92 Å². The van der Waals surface area contributed by atoms with Gasteiger partial charge >= 0.3 is 0 Å². The van der Waals surface area contributed by atoms with Crippen LogP contribution in [0.1, 0.15) is 27.8 Å². The van der Waals surface area contributed by atoms with Gasteiger partial charge in [0.1, 0.15) is 0 Å². The Kier molecular flexibility index (Phi) is 9.59. The van der Waals surface area contributed by atoms with Crippen molar-refractivity contribution in [1.82, 2.24) is 19.5 Å². The van der Waals surface area contributed by atoms with Crippen molar-refractivity contribution in [2.75, 3.05) is 0 Å². The van der Waals surface area contributed by atoms with Gasteiger partial charge in [0.25, 0.3) is 0 Å². The van der Waals surface area contributed by atoms with Gasteiger partial charge in [-0.25, -0.2) is 15.0 Å². The van der Waals surface area contributed by atoms with E-state index in [1.165, 1.54) is 38.6 Å².